The van der Waals surface area contributed by atoms with Crippen LogP contribution in [0.1, 0.15) is 30.1 Å². The minimum atomic E-state index is -2.62. The van der Waals surface area contributed by atoms with Crippen molar-refractivity contribution in [3.8, 4) is 0 Å². The number of likely N-dealkylation sites (tertiary alicyclic amines) is 1. The largest absolute Gasteiger partial charge is 0.472 e. The highest BCUT2D eigenvalue weighted by atomic mass is 19.3. The fourth-order valence-electron chi connectivity index (χ4n) is 5.17. The van der Waals surface area contributed by atoms with Crippen molar-refractivity contribution in [1.29, 1.82) is 0 Å². The molecule has 9 nitrogen and oxygen atoms in total. The van der Waals surface area contributed by atoms with Crippen LogP contribution < -0.4 is 10.7 Å². The number of furan rings is 1. The third-order valence-corrected chi connectivity index (χ3v) is 7.01. The van der Waals surface area contributed by atoms with Gasteiger partial charge < -0.3 is 9.40 Å². The summed E-state index contributed by atoms with van der Waals surface area (Å²) in [5.74, 6) is -2.62. The molecule has 0 saturated carbocycles. The fraction of sp³-hybridized carbons (Fsp3) is 0.259. The Morgan fingerprint density at radius 2 is 2.16 bits per heavy atom. The van der Waals surface area contributed by atoms with Gasteiger partial charge in [0.2, 0.25) is 0 Å². The predicted molar refractivity (Wildman–Crippen MR) is 137 cm³/mol. The first-order chi connectivity index (χ1) is 18.5. The van der Waals surface area contributed by atoms with E-state index in [0.717, 1.165) is 38.5 Å². The summed E-state index contributed by atoms with van der Waals surface area (Å²) in [5.41, 5.74) is 4.88. The van der Waals surface area contributed by atoms with Gasteiger partial charge in [-0.05, 0) is 23.8 Å². The maximum atomic E-state index is 13.6. The van der Waals surface area contributed by atoms with Gasteiger partial charge in [-0.25, -0.2) is 23.7 Å². The zero-order valence-corrected chi connectivity index (χ0v) is 20.2. The summed E-state index contributed by atoms with van der Waals surface area (Å²) in [4.78, 5) is 32.5. The highest BCUT2D eigenvalue weighted by Crippen LogP contribution is 2.28. The second-order valence-electron chi connectivity index (χ2n) is 9.70. The average molecular weight is 513 g/mol. The number of aliphatic imine (C=N–C) groups is 2. The number of aromatic nitrogens is 5. The highest BCUT2D eigenvalue weighted by molar-refractivity contribution is 6.04. The Labute approximate surface area is 214 Å². The molecule has 4 aromatic heterocycles. The predicted octanol–water partition coefficient (Wildman–Crippen LogP) is 2.43. The molecule has 3 aliphatic rings. The monoisotopic (exact) mass is 512 g/mol. The summed E-state index contributed by atoms with van der Waals surface area (Å²) in [7, 11) is 0. The zero-order chi connectivity index (χ0) is 25.7. The van der Waals surface area contributed by atoms with Crippen molar-refractivity contribution in [1.82, 2.24) is 29.8 Å². The molecule has 1 saturated heterocycles. The molecule has 0 aromatic carbocycles. The topological polar surface area (TPSA) is 108 Å². The Balaban J connectivity index is 1.30. The standard InChI is InChI=1S/C27H22F2N8O/c28-27(29)3-5-37(14-27)12-16-7-18(10-30-9-16)21-8-19-22(11-32-21)33-15-34-24(19)26-35-20-1-4-31-23(25(20)36-26)17-2-6-38-13-17/h1-2,4,6,8-11,13,15,23,35H,3,5,7,12,14H2. The lowest BCUT2D eigenvalue weighted by molar-refractivity contribution is 0.0130. The minimum Gasteiger partial charge on any atom is -0.472 e. The Hall–Kier alpha value is -4.38. The molecule has 3 aliphatic heterocycles. The van der Waals surface area contributed by atoms with Crippen LogP contribution in [-0.2, 0) is 0 Å². The van der Waals surface area contributed by atoms with Crippen molar-refractivity contribution in [3.05, 3.63) is 81.7 Å². The number of alkyl halides is 2. The van der Waals surface area contributed by atoms with E-state index in [1.165, 1.54) is 6.33 Å². The van der Waals surface area contributed by atoms with E-state index in [4.69, 9.17) is 9.40 Å². The molecule has 4 aromatic rings. The van der Waals surface area contributed by atoms with Gasteiger partial charge in [0.15, 0.2) is 5.48 Å². The highest BCUT2D eigenvalue weighted by Gasteiger charge is 2.38. The van der Waals surface area contributed by atoms with Crippen LogP contribution in [0.25, 0.3) is 22.6 Å². The Bertz CT molecular complexity index is 1860. The van der Waals surface area contributed by atoms with Crippen molar-refractivity contribution in [2.45, 2.75) is 24.8 Å². The summed E-state index contributed by atoms with van der Waals surface area (Å²) < 4.78 is 32.5. The van der Waals surface area contributed by atoms with Crippen LogP contribution in [0.5, 0.6) is 0 Å². The van der Waals surface area contributed by atoms with Gasteiger partial charge in [-0.1, -0.05) is 0 Å². The SMILES string of the molecule is FC1(F)CCN(CC2=CN=CC(=c3cc4c(=c5nc6c([nH]5)=CC=NC6c5ccoc5)ncnc4cn3)C2)C1. The average Bonchev–Trinajstić information content (AvgIpc) is 3.68. The molecule has 38 heavy (non-hydrogen) atoms. The van der Waals surface area contributed by atoms with Crippen LogP contribution in [0.2, 0.25) is 0 Å². The molecule has 0 spiro atoms. The molecule has 0 aliphatic carbocycles. The molecule has 0 radical (unpaired) electrons. The smallest absolute Gasteiger partial charge is 0.261 e. The van der Waals surface area contributed by atoms with Gasteiger partial charge in [-0.2, -0.15) is 0 Å². The molecule has 0 bridgehead atoms. The first-order valence-electron chi connectivity index (χ1n) is 12.3. The second kappa shape index (κ2) is 8.88. The lowest BCUT2D eigenvalue weighted by Gasteiger charge is -2.19. The van der Waals surface area contributed by atoms with E-state index in [-0.39, 0.29) is 19.0 Å². The molecular formula is C27H22F2N8O. The number of pyridine rings is 1. The fourth-order valence-corrected chi connectivity index (χ4v) is 5.17. The Morgan fingerprint density at radius 3 is 3.00 bits per heavy atom. The van der Waals surface area contributed by atoms with Crippen LogP contribution >= 0.6 is 0 Å². The molecule has 7 rings (SSSR count). The number of nitrogens with one attached hydrogen (secondary N) is 1. The number of rotatable bonds is 3. The molecule has 0 amide bonds. The Kier molecular flexibility index (Phi) is 5.32. The van der Waals surface area contributed by atoms with E-state index in [0.29, 0.717) is 35.9 Å². The molecule has 1 fully saturated rings. The molecule has 1 N–H and O–H groups in total. The van der Waals surface area contributed by atoms with E-state index in [1.807, 2.05) is 18.2 Å². The van der Waals surface area contributed by atoms with E-state index < -0.39 is 5.92 Å². The normalized spacial score (nSPS) is 22.9. The van der Waals surface area contributed by atoms with E-state index in [9.17, 15) is 8.78 Å². The van der Waals surface area contributed by atoms with Crippen molar-refractivity contribution < 1.29 is 13.2 Å². The molecule has 7 heterocycles. The van der Waals surface area contributed by atoms with Crippen LogP contribution in [0.4, 0.5) is 8.78 Å². The minimum absolute atomic E-state index is 0.0992. The summed E-state index contributed by atoms with van der Waals surface area (Å²) in [5, 5.41) is 3.03. The molecule has 1 atom stereocenters. The van der Waals surface area contributed by atoms with Crippen molar-refractivity contribution >= 4 is 35.0 Å². The van der Waals surface area contributed by atoms with Crippen LogP contribution in [-0.4, -0.2) is 67.8 Å². The summed E-state index contributed by atoms with van der Waals surface area (Å²) in [6, 6.07) is 3.55. The van der Waals surface area contributed by atoms with Gasteiger partial charge in [0.1, 0.15) is 17.7 Å². The lowest BCUT2D eigenvalue weighted by Crippen LogP contribution is -2.28. The molecule has 11 heteroatoms. The number of imidazole rings is 1. The van der Waals surface area contributed by atoms with Crippen molar-refractivity contribution in [2.75, 3.05) is 19.6 Å². The Morgan fingerprint density at radius 1 is 1.21 bits per heavy atom. The van der Waals surface area contributed by atoms with Gasteiger partial charge in [0.05, 0.1) is 47.2 Å². The number of halogens is 2. The first kappa shape index (κ1) is 22.8. The van der Waals surface area contributed by atoms with Gasteiger partial charge in [0.25, 0.3) is 5.92 Å². The quantitative estimate of drug-likeness (QED) is 0.452. The number of hydrogen-bond donors (Lipinski definition) is 1. The van der Waals surface area contributed by atoms with E-state index >= 15 is 0 Å². The summed E-state index contributed by atoms with van der Waals surface area (Å²) >= 11 is 0. The van der Waals surface area contributed by atoms with Crippen molar-refractivity contribution in [2.24, 2.45) is 9.98 Å². The summed E-state index contributed by atoms with van der Waals surface area (Å²) in [6.45, 7) is 0.636. The van der Waals surface area contributed by atoms with Crippen LogP contribution in [0.3, 0.4) is 0 Å². The molecule has 190 valence electrons. The first-order valence-corrected chi connectivity index (χ1v) is 12.3. The van der Waals surface area contributed by atoms with E-state index in [1.54, 1.807) is 42.3 Å². The lowest BCUT2D eigenvalue weighted by atomic mass is 10.0. The molecular weight excluding hydrogens is 490 g/mol. The number of nitrogens with zero attached hydrogens (tertiary/aromatic N) is 7. The number of fused-ring (bicyclic) bond motifs is 2. The summed E-state index contributed by atoms with van der Waals surface area (Å²) in [6.07, 6.45) is 14.2. The van der Waals surface area contributed by atoms with E-state index in [2.05, 4.69) is 29.9 Å². The second-order valence-corrected chi connectivity index (χ2v) is 9.70. The third-order valence-electron chi connectivity index (χ3n) is 7.01. The van der Waals surface area contributed by atoms with Gasteiger partial charge >= 0.3 is 0 Å². The van der Waals surface area contributed by atoms with Crippen LogP contribution in [0, 0.1) is 10.8 Å². The van der Waals surface area contributed by atoms with Gasteiger partial charge in [0, 0.05) is 61.1 Å². The maximum Gasteiger partial charge on any atom is 0.261 e. The number of hydrogen-bond acceptors (Lipinski definition) is 8. The van der Waals surface area contributed by atoms with Gasteiger partial charge in [-0.15, -0.1) is 0 Å². The third kappa shape index (κ3) is 4.14. The van der Waals surface area contributed by atoms with Crippen molar-refractivity contribution in [3.63, 3.8) is 0 Å². The zero-order valence-electron chi connectivity index (χ0n) is 20.2. The maximum absolute atomic E-state index is 13.6. The number of H-pyrrole nitrogens is 1. The van der Waals surface area contributed by atoms with Crippen LogP contribution in [0.15, 0.2) is 63.4 Å². The van der Waals surface area contributed by atoms with Gasteiger partial charge in [-0.3, -0.25) is 19.9 Å². The number of aromatic amines is 1. The molecule has 1 unspecified atom stereocenters.